The number of likely N-dealkylation sites (N-methyl/N-ethyl adjacent to an activating group) is 1. The van der Waals surface area contributed by atoms with Crippen LogP contribution in [0, 0.1) is 0 Å². The molecule has 118 valence electrons. The molecule has 5 heteroatoms. The van der Waals surface area contributed by atoms with Gasteiger partial charge in [0.25, 0.3) is 5.91 Å². The number of Topliss-reactive ketones (excluding diaryl/α,β-unsaturated/α-hetero) is 1. The fourth-order valence-corrected chi connectivity index (χ4v) is 3.04. The maximum absolute atomic E-state index is 12.6. The smallest absolute Gasteiger partial charge is 0.264 e. The van der Waals surface area contributed by atoms with Gasteiger partial charge in [-0.05, 0) is 25.1 Å². The number of amides is 1. The van der Waals surface area contributed by atoms with Crippen molar-refractivity contribution in [2.45, 2.75) is 18.9 Å². The third-order valence-electron chi connectivity index (χ3n) is 4.18. The van der Waals surface area contributed by atoms with Gasteiger partial charge in [0.05, 0.1) is 12.1 Å². The summed E-state index contributed by atoms with van der Waals surface area (Å²) in [5.41, 5.74) is 5.86. The minimum atomic E-state index is -1.83. The highest BCUT2D eigenvalue weighted by Gasteiger charge is 2.50. The highest BCUT2D eigenvalue weighted by atomic mass is 16.3. The average molecular weight is 310 g/mol. The Kier molecular flexibility index (Phi) is 3.66. The van der Waals surface area contributed by atoms with Crippen LogP contribution in [0.3, 0.4) is 0 Å². The molecule has 1 aliphatic heterocycles. The van der Waals surface area contributed by atoms with E-state index in [-0.39, 0.29) is 12.2 Å². The predicted octanol–water partition coefficient (Wildman–Crippen LogP) is 2.10. The van der Waals surface area contributed by atoms with Crippen molar-refractivity contribution in [2.24, 2.45) is 0 Å². The lowest BCUT2D eigenvalue weighted by atomic mass is 9.88. The first-order chi connectivity index (χ1) is 11.0. The Hall–Kier alpha value is -2.66. The monoisotopic (exact) mass is 310 g/mol. The first kappa shape index (κ1) is 15.2. The summed E-state index contributed by atoms with van der Waals surface area (Å²) >= 11 is 0. The van der Waals surface area contributed by atoms with Gasteiger partial charge in [-0.15, -0.1) is 0 Å². The molecule has 0 radical (unpaired) electrons. The van der Waals surface area contributed by atoms with Gasteiger partial charge >= 0.3 is 0 Å². The molecule has 0 fully saturated rings. The van der Waals surface area contributed by atoms with Gasteiger partial charge in [0.1, 0.15) is 0 Å². The second kappa shape index (κ2) is 5.52. The molecule has 2 aromatic carbocycles. The van der Waals surface area contributed by atoms with Crippen LogP contribution in [0.15, 0.2) is 48.5 Å². The maximum atomic E-state index is 12.6. The van der Waals surface area contributed by atoms with Crippen molar-refractivity contribution in [3.8, 4) is 0 Å². The first-order valence-electron chi connectivity index (χ1n) is 7.50. The highest BCUT2D eigenvalue weighted by Crippen LogP contribution is 2.42. The lowest BCUT2D eigenvalue weighted by molar-refractivity contribution is -0.135. The van der Waals surface area contributed by atoms with Crippen LogP contribution in [0.25, 0.3) is 0 Å². The third kappa shape index (κ3) is 2.39. The van der Waals surface area contributed by atoms with Crippen LogP contribution in [-0.4, -0.2) is 23.3 Å². The second-order valence-corrected chi connectivity index (χ2v) is 5.65. The summed E-state index contributed by atoms with van der Waals surface area (Å²) in [4.78, 5) is 26.7. The Bertz CT molecular complexity index is 787. The quantitative estimate of drug-likeness (QED) is 0.669. The topological polar surface area (TPSA) is 83.6 Å². The van der Waals surface area contributed by atoms with Gasteiger partial charge in [-0.1, -0.05) is 30.3 Å². The van der Waals surface area contributed by atoms with E-state index in [0.29, 0.717) is 29.0 Å². The summed E-state index contributed by atoms with van der Waals surface area (Å²) in [6.45, 7) is 2.27. The van der Waals surface area contributed by atoms with Crippen molar-refractivity contribution in [1.82, 2.24) is 0 Å². The minimum absolute atomic E-state index is 0.303. The molecule has 2 aromatic rings. The number of anilines is 2. The number of nitrogens with two attached hydrogens (primary N) is 1. The lowest BCUT2D eigenvalue weighted by Crippen LogP contribution is -2.41. The zero-order chi connectivity index (χ0) is 16.6. The largest absolute Gasteiger partial charge is 0.399 e. The van der Waals surface area contributed by atoms with Gasteiger partial charge in [0, 0.05) is 23.4 Å². The molecule has 0 saturated heterocycles. The predicted molar refractivity (Wildman–Crippen MR) is 88.2 cm³/mol. The third-order valence-corrected chi connectivity index (χ3v) is 4.18. The van der Waals surface area contributed by atoms with Crippen molar-refractivity contribution in [2.75, 3.05) is 17.2 Å². The second-order valence-electron chi connectivity index (χ2n) is 5.65. The summed E-state index contributed by atoms with van der Waals surface area (Å²) in [6.07, 6.45) is -0.303. The molecule has 1 aliphatic rings. The number of hydrogen-bond acceptors (Lipinski definition) is 4. The highest BCUT2D eigenvalue weighted by molar-refractivity contribution is 6.10. The van der Waals surface area contributed by atoms with E-state index in [0.717, 1.165) is 0 Å². The fourth-order valence-electron chi connectivity index (χ4n) is 3.04. The summed E-state index contributed by atoms with van der Waals surface area (Å²) in [7, 11) is 0. The van der Waals surface area contributed by atoms with Crippen LogP contribution >= 0.6 is 0 Å². The Morgan fingerprint density at radius 3 is 2.65 bits per heavy atom. The Labute approximate surface area is 134 Å². The molecular formula is C18H18N2O3. The van der Waals surface area contributed by atoms with Gasteiger partial charge in [-0.2, -0.15) is 0 Å². The number of hydrogen-bond donors (Lipinski definition) is 2. The number of aliphatic hydroxyl groups is 1. The number of nitrogen functional groups attached to an aromatic ring is 1. The van der Waals surface area contributed by atoms with E-state index in [4.69, 9.17) is 5.73 Å². The molecule has 0 unspecified atom stereocenters. The molecule has 5 nitrogen and oxygen atoms in total. The molecule has 3 N–H and O–H groups in total. The van der Waals surface area contributed by atoms with Gasteiger partial charge in [-0.3, -0.25) is 9.59 Å². The van der Waals surface area contributed by atoms with E-state index < -0.39 is 11.5 Å². The van der Waals surface area contributed by atoms with E-state index >= 15 is 0 Å². The van der Waals surface area contributed by atoms with Crippen LogP contribution in [0.1, 0.15) is 29.3 Å². The number of nitrogens with zero attached hydrogens (tertiary/aromatic N) is 1. The molecule has 0 bridgehead atoms. The fraction of sp³-hybridized carbons (Fsp3) is 0.222. The van der Waals surface area contributed by atoms with Gasteiger partial charge < -0.3 is 15.7 Å². The normalized spacial score (nSPS) is 19.7. The van der Waals surface area contributed by atoms with Crippen molar-refractivity contribution in [1.29, 1.82) is 0 Å². The number of rotatable bonds is 4. The van der Waals surface area contributed by atoms with E-state index in [1.807, 2.05) is 6.92 Å². The van der Waals surface area contributed by atoms with Crippen LogP contribution in [0.5, 0.6) is 0 Å². The van der Waals surface area contributed by atoms with Crippen molar-refractivity contribution < 1.29 is 14.7 Å². The summed E-state index contributed by atoms with van der Waals surface area (Å²) in [5, 5.41) is 11.0. The average Bonchev–Trinajstić information content (AvgIpc) is 2.75. The van der Waals surface area contributed by atoms with Crippen molar-refractivity contribution in [3.05, 3.63) is 59.7 Å². The lowest BCUT2D eigenvalue weighted by Gasteiger charge is -2.22. The number of carbonyl (C=O) groups excluding carboxylic acids is 2. The van der Waals surface area contributed by atoms with E-state index in [2.05, 4.69) is 0 Å². The van der Waals surface area contributed by atoms with Crippen LogP contribution in [0.4, 0.5) is 11.4 Å². The number of carbonyl (C=O) groups is 2. The molecule has 0 saturated carbocycles. The van der Waals surface area contributed by atoms with E-state index in [1.165, 1.54) is 4.90 Å². The standard InChI is InChI=1S/C18H18N2O3/c1-2-20-15-9-4-3-8-14(15)18(23,17(20)22)11-16(21)12-6-5-7-13(19)10-12/h3-10,23H,2,11,19H2,1H3/t18-/m0/s1. The van der Waals surface area contributed by atoms with Crippen LogP contribution < -0.4 is 10.6 Å². The van der Waals surface area contributed by atoms with Crippen LogP contribution in [-0.2, 0) is 10.4 Å². The maximum Gasteiger partial charge on any atom is 0.264 e. The number of para-hydroxylation sites is 1. The molecule has 0 aromatic heterocycles. The molecule has 1 atom stereocenters. The molecule has 1 heterocycles. The molecule has 0 aliphatic carbocycles. The van der Waals surface area contributed by atoms with Crippen molar-refractivity contribution in [3.63, 3.8) is 0 Å². The minimum Gasteiger partial charge on any atom is -0.399 e. The Balaban J connectivity index is 1.98. The van der Waals surface area contributed by atoms with Crippen molar-refractivity contribution >= 4 is 23.1 Å². The summed E-state index contributed by atoms with van der Waals surface area (Å²) < 4.78 is 0. The molecule has 0 spiro atoms. The zero-order valence-corrected chi connectivity index (χ0v) is 12.8. The SMILES string of the molecule is CCN1C(=O)[C@](O)(CC(=O)c2cccc(N)c2)c2ccccc21. The van der Waals surface area contributed by atoms with Crippen LogP contribution in [0.2, 0.25) is 0 Å². The van der Waals surface area contributed by atoms with Gasteiger partial charge in [0.15, 0.2) is 11.4 Å². The van der Waals surface area contributed by atoms with E-state index in [1.54, 1.807) is 48.5 Å². The summed E-state index contributed by atoms with van der Waals surface area (Å²) in [5.74, 6) is -0.778. The Morgan fingerprint density at radius 1 is 1.22 bits per heavy atom. The number of ketones is 1. The molecular weight excluding hydrogens is 292 g/mol. The first-order valence-corrected chi connectivity index (χ1v) is 7.50. The van der Waals surface area contributed by atoms with Gasteiger partial charge in [-0.25, -0.2) is 0 Å². The molecule has 23 heavy (non-hydrogen) atoms. The van der Waals surface area contributed by atoms with Gasteiger partial charge in [0.2, 0.25) is 0 Å². The molecule has 1 amide bonds. The Morgan fingerprint density at radius 2 is 1.96 bits per heavy atom. The number of benzene rings is 2. The summed E-state index contributed by atoms with van der Waals surface area (Å²) in [6, 6.07) is 13.6. The van der Waals surface area contributed by atoms with E-state index in [9.17, 15) is 14.7 Å². The zero-order valence-electron chi connectivity index (χ0n) is 12.8. The molecule has 3 rings (SSSR count). The number of fused-ring (bicyclic) bond motifs is 1.